The normalized spacial score (nSPS) is 12.8. The van der Waals surface area contributed by atoms with Crippen LogP contribution in [0, 0.1) is 13.8 Å². The van der Waals surface area contributed by atoms with E-state index in [0.29, 0.717) is 6.04 Å². The summed E-state index contributed by atoms with van der Waals surface area (Å²) in [5.41, 5.74) is 3.39. The van der Waals surface area contributed by atoms with Crippen LogP contribution in [0.3, 0.4) is 0 Å². The Kier molecular flexibility index (Phi) is 6.96. The number of ether oxygens (including phenoxy) is 1. The SMILES string of the molecule is CCCNC(Cc1ncc(C)c(OC)c1C)CN(C)C. The van der Waals surface area contributed by atoms with E-state index in [4.69, 9.17) is 4.74 Å². The van der Waals surface area contributed by atoms with Crippen LogP contribution in [0.25, 0.3) is 0 Å². The Morgan fingerprint density at radius 3 is 2.60 bits per heavy atom. The molecule has 1 aromatic rings. The van der Waals surface area contributed by atoms with E-state index in [1.54, 1.807) is 7.11 Å². The van der Waals surface area contributed by atoms with E-state index in [1.807, 2.05) is 13.1 Å². The first-order chi connectivity index (χ1) is 9.49. The predicted octanol–water partition coefficient (Wildman–Crippen LogP) is 2.18. The summed E-state index contributed by atoms with van der Waals surface area (Å²) in [6, 6.07) is 0.420. The second-order valence-electron chi connectivity index (χ2n) is 5.66. The van der Waals surface area contributed by atoms with Gasteiger partial charge in [-0.1, -0.05) is 6.92 Å². The summed E-state index contributed by atoms with van der Waals surface area (Å²) in [5, 5.41) is 3.61. The molecular formula is C16H29N3O. The molecule has 0 bridgehead atoms. The zero-order valence-electron chi connectivity index (χ0n) is 13.8. The first kappa shape index (κ1) is 16.9. The molecule has 114 valence electrons. The van der Waals surface area contributed by atoms with E-state index in [9.17, 15) is 0 Å². The number of aromatic nitrogens is 1. The van der Waals surface area contributed by atoms with Gasteiger partial charge in [-0.3, -0.25) is 4.98 Å². The molecule has 1 N–H and O–H groups in total. The van der Waals surface area contributed by atoms with Crippen molar-refractivity contribution in [2.45, 2.75) is 39.7 Å². The maximum Gasteiger partial charge on any atom is 0.128 e. The van der Waals surface area contributed by atoms with Crippen LogP contribution in [0.15, 0.2) is 6.20 Å². The molecule has 1 atom stereocenters. The highest BCUT2D eigenvalue weighted by molar-refractivity contribution is 5.41. The van der Waals surface area contributed by atoms with Crippen LogP contribution in [-0.4, -0.2) is 50.2 Å². The summed E-state index contributed by atoms with van der Waals surface area (Å²) >= 11 is 0. The van der Waals surface area contributed by atoms with Crippen LogP contribution in [0.5, 0.6) is 5.75 Å². The Labute approximate surface area is 123 Å². The average molecular weight is 279 g/mol. The first-order valence-electron chi connectivity index (χ1n) is 7.36. The summed E-state index contributed by atoms with van der Waals surface area (Å²) in [6.45, 7) is 8.38. The third kappa shape index (κ3) is 4.76. The minimum Gasteiger partial charge on any atom is -0.496 e. The molecule has 1 rings (SSSR count). The molecule has 1 aromatic heterocycles. The molecule has 4 nitrogen and oxygen atoms in total. The topological polar surface area (TPSA) is 37.4 Å². The first-order valence-corrected chi connectivity index (χ1v) is 7.36. The van der Waals surface area contributed by atoms with Crippen LogP contribution < -0.4 is 10.1 Å². The molecule has 4 heteroatoms. The molecular weight excluding hydrogens is 250 g/mol. The van der Waals surface area contributed by atoms with E-state index in [1.165, 1.54) is 0 Å². The van der Waals surface area contributed by atoms with E-state index >= 15 is 0 Å². The van der Waals surface area contributed by atoms with Gasteiger partial charge in [0.05, 0.1) is 7.11 Å². The Bertz CT molecular complexity index is 418. The van der Waals surface area contributed by atoms with Crippen molar-refractivity contribution >= 4 is 0 Å². The van der Waals surface area contributed by atoms with Crippen molar-refractivity contribution in [1.29, 1.82) is 0 Å². The summed E-state index contributed by atoms with van der Waals surface area (Å²) in [6.07, 6.45) is 3.99. The fourth-order valence-corrected chi connectivity index (χ4v) is 2.50. The minimum absolute atomic E-state index is 0.420. The molecule has 0 amide bonds. The van der Waals surface area contributed by atoms with Crippen molar-refractivity contribution in [3.05, 3.63) is 23.0 Å². The second kappa shape index (κ2) is 8.22. The number of hydrogen-bond acceptors (Lipinski definition) is 4. The number of nitrogens with zero attached hydrogens (tertiary/aromatic N) is 2. The van der Waals surface area contributed by atoms with Crippen LogP contribution >= 0.6 is 0 Å². The highest BCUT2D eigenvalue weighted by Crippen LogP contribution is 2.24. The van der Waals surface area contributed by atoms with Gasteiger partial charge >= 0.3 is 0 Å². The van der Waals surface area contributed by atoms with Crippen LogP contribution in [0.2, 0.25) is 0 Å². The monoisotopic (exact) mass is 279 g/mol. The van der Waals surface area contributed by atoms with Crippen molar-refractivity contribution in [3.63, 3.8) is 0 Å². The highest BCUT2D eigenvalue weighted by atomic mass is 16.5. The summed E-state index contributed by atoms with van der Waals surface area (Å²) in [5.74, 6) is 0.967. The minimum atomic E-state index is 0.420. The number of pyridine rings is 1. The van der Waals surface area contributed by atoms with Gasteiger partial charge in [-0.2, -0.15) is 0 Å². The Morgan fingerprint density at radius 2 is 2.05 bits per heavy atom. The molecule has 20 heavy (non-hydrogen) atoms. The van der Waals surface area contributed by atoms with Crippen LogP contribution in [0.1, 0.15) is 30.2 Å². The van der Waals surface area contributed by atoms with Gasteiger partial charge in [0.25, 0.3) is 0 Å². The van der Waals surface area contributed by atoms with Gasteiger partial charge in [-0.15, -0.1) is 0 Å². The lowest BCUT2D eigenvalue weighted by atomic mass is 10.0. The van der Waals surface area contributed by atoms with Crippen LogP contribution in [-0.2, 0) is 6.42 Å². The Hall–Kier alpha value is -1.13. The second-order valence-corrected chi connectivity index (χ2v) is 5.66. The molecule has 0 saturated heterocycles. The largest absolute Gasteiger partial charge is 0.496 e. The Balaban J connectivity index is 2.87. The van der Waals surface area contributed by atoms with Crippen molar-refractivity contribution < 1.29 is 4.74 Å². The van der Waals surface area contributed by atoms with Gasteiger partial charge in [-0.25, -0.2) is 0 Å². The Morgan fingerprint density at radius 1 is 1.35 bits per heavy atom. The standard InChI is InChI=1S/C16H29N3O/c1-7-8-17-14(11-19(4)5)9-15-13(3)16(20-6)12(2)10-18-15/h10,14,17H,7-9,11H2,1-6H3. The molecule has 0 aliphatic carbocycles. The van der Waals surface area contributed by atoms with Crippen molar-refractivity contribution in [3.8, 4) is 5.75 Å². The van der Waals surface area contributed by atoms with Crippen molar-refractivity contribution in [1.82, 2.24) is 15.2 Å². The van der Waals surface area contributed by atoms with E-state index in [0.717, 1.165) is 48.5 Å². The predicted molar refractivity (Wildman–Crippen MR) is 84.6 cm³/mol. The number of hydrogen-bond donors (Lipinski definition) is 1. The summed E-state index contributed by atoms with van der Waals surface area (Å²) in [7, 11) is 5.94. The zero-order chi connectivity index (χ0) is 15.1. The lowest BCUT2D eigenvalue weighted by Gasteiger charge is -2.23. The molecule has 0 spiro atoms. The fraction of sp³-hybridized carbons (Fsp3) is 0.688. The van der Waals surface area contributed by atoms with Crippen LogP contribution in [0.4, 0.5) is 0 Å². The fourth-order valence-electron chi connectivity index (χ4n) is 2.50. The van der Waals surface area contributed by atoms with E-state index in [2.05, 4.69) is 43.1 Å². The summed E-state index contributed by atoms with van der Waals surface area (Å²) in [4.78, 5) is 6.82. The maximum atomic E-state index is 5.49. The molecule has 0 aromatic carbocycles. The van der Waals surface area contributed by atoms with Gasteiger partial charge in [0.1, 0.15) is 5.75 Å². The molecule has 0 aliphatic heterocycles. The van der Waals surface area contributed by atoms with Crippen molar-refractivity contribution in [2.75, 3.05) is 34.3 Å². The number of methoxy groups -OCH3 is 1. The zero-order valence-corrected chi connectivity index (χ0v) is 13.8. The molecule has 1 heterocycles. The quantitative estimate of drug-likeness (QED) is 0.791. The van der Waals surface area contributed by atoms with Crippen molar-refractivity contribution in [2.24, 2.45) is 0 Å². The molecule has 0 radical (unpaired) electrons. The smallest absolute Gasteiger partial charge is 0.128 e. The van der Waals surface area contributed by atoms with E-state index in [-0.39, 0.29) is 0 Å². The number of aryl methyl sites for hydroxylation is 1. The molecule has 1 unspecified atom stereocenters. The molecule has 0 fully saturated rings. The third-order valence-corrected chi connectivity index (χ3v) is 3.46. The number of likely N-dealkylation sites (N-methyl/N-ethyl adjacent to an activating group) is 1. The highest BCUT2D eigenvalue weighted by Gasteiger charge is 2.15. The molecule has 0 saturated carbocycles. The molecule has 0 aliphatic rings. The number of rotatable bonds is 8. The average Bonchev–Trinajstić information content (AvgIpc) is 2.39. The number of nitrogens with one attached hydrogen (secondary N) is 1. The van der Waals surface area contributed by atoms with Gasteiger partial charge in [0, 0.05) is 42.0 Å². The lowest BCUT2D eigenvalue weighted by molar-refractivity contribution is 0.334. The lowest BCUT2D eigenvalue weighted by Crippen LogP contribution is -2.40. The van der Waals surface area contributed by atoms with Gasteiger partial charge in [0.2, 0.25) is 0 Å². The van der Waals surface area contributed by atoms with Gasteiger partial charge in [0.15, 0.2) is 0 Å². The van der Waals surface area contributed by atoms with Gasteiger partial charge < -0.3 is 15.0 Å². The summed E-state index contributed by atoms with van der Waals surface area (Å²) < 4.78 is 5.49. The van der Waals surface area contributed by atoms with E-state index < -0.39 is 0 Å². The maximum absolute atomic E-state index is 5.49. The van der Waals surface area contributed by atoms with Gasteiger partial charge in [-0.05, 0) is 40.9 Å². The third-order valence-electron chi connectivity index (χ3n) is 3.46.